The summed E-state index contributed by atoms with van der Waals surface area (Å²) >= 11 is 5.46. The van der Waals surface area contributed by atoms with Gasteiger partial charge in [0.1, 0.15) is 0 Å². The lowest BCUT2D eigenvalue weighted by Crippen LogP contribution is -2.52. The third-order valence-corrected chi connectivity index (χ3v) is 4.47. The average Bonchev–Trinajstić information content (AvgIpc) is 2.87. The molecule has 0 bridgehead atoms. The molecule has 2 aliphatic rings. The fraction of sp³-hybridized carbons (Fsp3) is 0.750. The van der Waals surface area contributed by atoms with Crippen molar-refractivity contribution in [3.8, 4) is 0 Å². The molecule has 4 nitrogen and oxygen atoms in total. The number of likely N-dealkylation sites (tertiary alicyclic amines) is 1. The van der Waals surface area contributed by atoms with Gasteiger partial charge in [0.25, 0.3) is 0 Å². The van der Waals surface area contributed by atoms with Gasteiger partial charge in [-0.15, -0.1) is 0 Å². The molecule has 18 heavy (non-hydrogen) atoms. The van der Waals surface area contributed by atoms with E-state index in [9.17, 15) is 10.0 Å². The van der Waals surface area contributed by atoms with Gasteiger partial charge < -0.3 is 20.7 Å². The Balaban J connectivity index is 2.01. The van der Waals surface area contributed by atoms with E-state index in [0.717, 1.165) is 38.6 Å². The minimum atomic E-state index is -1.33. The molecule has 1 heterocycles. The molecular weight excluding hydrogens is 247 g/mol. The predicted octanol–water partition coefficient (Wildman–Crippen LogP) is 0.474. The number of rotatable bonds is 3. The van der Waals surface area contributed by atoms with Gasteiger partial charge in [-0.3, -0.25) is 0 Å². The van der Waals surface area contributed by atoms with E-state index < -0.39 is 7.12 Å². The quantitative estimate of drug-likeness (QED) is 0.394. The minimum Gasteiger partial charge on any atom is -0.426 e. The zero-order valence-corrected chi connectivity index (χ0v) is 11.4. The molecule has 1 aliphatic carbocycles. The molecule has 0 spiro atoms. The van der Waals surface area contributed by atoms with E-state index in [2.05, 4.69) is 12.2 Å². The van der Waals surface area contributed by atoms with Crippen LogP contribution in [0.5, 0.6) is 0 Å². The molecule has 3 atom stereocenters. The van der Waals surface area contributed by atoms with Crippen LogP contribution in [-0.4, -0.2) is 45.6 Å². The Kier molecular flexibility index (Phi) is 4.78. The number of nitrogens with two attached hydrogens (primary N) is 1. The van der Waals surface area contributed by atoms with E-state index in [1.54, 1.807) is 0 Å². The monoisotopic (exact) mass is 268 g/mol. The highest BCUT2D eigenvalue weighted by molar-refractivity contribution is 7.80. The van der Waals surface area contributed by atoms with Crippen LogP contribution in [0, 0.1) is 5.92 Å². The van der Waals surface area contributed by atoms with Crippen LogP contribution in [0.25, 0.3) is 0 Å². The molecule has 0 radical (unpaired) electrons. The molecule has 0 aromatic carbocycles. The number of hydrogen-bond donors (Lipinski definition) is 3. The lowest BCUT2D eigenvalue weighted by molar-refractivity contribution is 0.329. The first-order chi connectivity index (χ1) is 8.61. The summed E-state index contributed by atoms with van der Waals surface area (Å²) in [5.41, 5.74) is 6.24. The highest BCUT2D eigenvalue weighted by Crippen LogP contribution is 2.25. The smallest absolute Gasteiger partial charge is 0.426 e. The molecule has 1 unspecified atom stereocenters. The highest BCUT2D eigenvalue weighted by Gasteiger charge is 2.37. The first kappa shape index (κ1) is 14.0. The first-order valence-corrected chi connectivity index (χ1v) is 7.11. The Morgan fingerprint density at radius 3 is 2.78 bits per heavy atom. The molecule has 2 rings (SSSR count). The van der Waals surface area contributed by atoms with Gasteiger partial charge in [0.15, 0.2) is 0 Å². The number of thiocarbonyl (C=S) groups is 1. The van der Waals surface area contributed by atoms with Gasteiger partial charge >= 0.3 is 7.12 Å². The Bertz CT molecular complexity index is 338. The molecule has 1 saturated heterocycles. The number of hydrogen-bond acceptors (Lipinski definition) is 4. The molecule has 1 aliphatic heterocycles. The normalized spacial score (nSPS) is 29.4. The van der Waals surface area contributed by atoms with Crippen molar-refractivity contribution in [2.24, 2.45) is 11.7 Å². The summed E-state index contributed by atoms with van der Waals surface area (Å²) in [5.74, 6) is 0.0134. The first-order valence-electron chi connectivity index (χ1n) is 6.70. The van der Waals surface area contributed by atoms with Crippen molar-refractivity contribution >= 4 is 24.3 Å². The maximum Gasteiger partial charge on any atom is 0.475 e. The fourth-order valence-corrected chi connectivity index (χ4v) is 3.29. The third-order valence-electron chi connectivity index (χ3n) is 3.96. The highest BCUT2D eigenvalue weighted by atomic mass is 32.1. The van der Waals surface area contributed by atoms with Crippen LogP contribution in [0.3, 0.4) is 0 Å². The van der Waals surface area contributed by atoms with Crippen LogP contribution in [0.2, 0.25) is 0 Å². The van der Waals surface area contributed by atoms with Gasteiger partial charge in [-0.1, -0.05) is 24.4 Å². The van der Waals surface area contributed by atoms with Gasteiger partial charge in [-0.05, 0) is 38.0 Å². The number of allylic oxidation sites excluding steroid dienone is 1. The SMILES string of the molecule is N[C@H](C(=S)N1CCC[C@H]1B(O)O)C1C=CCCC1. The van der Waals surface area contributed by atoms with Gasteiger partial charge in [-0.25, -0.2) is 0 Å². The van der Waals surface area contributed by atoms with E-state index >= 15 is 0 Å². The van der Waals surface area contributed by atoms with Crippen molar-refractivity contribution in [3.63, 3.8) is 0 Å². The minimum absolute atomic E-state index is 0.184. The van der Waals surface area contributed by atoms with Gasteiger partial charge in [0.2, 0.25) is 0 Å². The van der Waals surface area contributed by atoms with E-state index in [0.29, 0.717) is 10.9 Å². The zero-order valence-electron chi connectivity index (χ0n) is 10.5. The van der Waals surface area contributed by atoms with Crippen LogP contribution in [-0.2, 0) is 0 Å². The molecule has 0 saturated carbocycles. The van der Waals surface area contributed by atoms with Crippen molar-refractivity contribution < 1.29 is 10.0 Å². The second kappa shape index (κ2) is 6.15. The van der Waals surface area contributed by atoms with Gasteiger partial charge in [-0.2, -0.15) is 0 Å². The largest absolute Gasteiger partial charge is 0.475 e. The topological polar surface area (TPSA) is 69.7 Å². The summed E-state index contributed by atoms with van der Waals surface area (Å²) in [6.45, 7) is 0.783. The average molecular weight is 268 g/mol. The van der Waals surface area contributed by atoms with Crippen molar-refractivity contribution in [3.05, 3.63) is 12.2 Å². The summed E-state index contributed by atoms with van der Waals surface area (Å²) in [7, 11) is -1.33. The van der Waals surface area contributed by atoms with Crippen molar-refractivity contribution in [2.45, 2.75) is 44.1 Å². The van der Waals surface area contributed by atoms with E-state index in [-0.39, 0.29) is 12.0 Å². The summed E-state index contributed by atoms with van der Waals surface area (Å²) < 4.78 is 0. The van der Waals surface area contributed by atoms with Crippen LogP contribution < -0.4 is 5.73 Å². The molecule has 4 N–H and O–H groups in total. The number of nitrogens with zero attached hydrogens (tertiary/aromatic N) is 1. The van der Waals surface area contributed by atoms with E-state index in [4.69, 9.17) is 18.0 Å². The predicted molar refractivity (Wildman–Crippen MR) is 77.0 cm³/mol. The molecule has 100 valence electrons. The molecule has 0 amide bonds. The second-order valence-electron chi connectivity index (χ2n) is 5.20. The molecule has 1 fully saturated rings. The van der Waals surface area contributed by atoms with Crippen LogP contribution in [0.4, 0.5) is 0 Å². The lowest BCUT2D eigenvalue weighted by atomic mass is 9.77. The Labute approximate surface area is 114 Å². The maximum absolute atomic E-state index is 9.36. The molecule has 0 aromatic heterocycles. The summed E-state index contributed by atoms with van der Waals surface area (Å²) in [6, 6.07) is -0.184. The standard InChI is InChI=1S/C12H21BN2O2S/c14-11(9-5-2-1-3-6-9)12(18)15-8-4-7-10(15)13(16)17/h2,5,9-11,16-17H,1,3-4,6-8,14H2/t9?,10-,11-/m0/s1. The van der Waals surface area contributed by atoms with Crippen molar-refractivity contribution in [1.29, 1.82) is 0 Å². The van der Waals surface area contributed by atoms with Crippen LogP contribution in [0.15, 0.2) is 12.2 Å². The Hall–Kier alpha value is -0.425. The Morgan fingerprint density at radius 2 is 2.17 bits per heavy atom. The molecule has 0 aromatic rings. The van der Waals surface area contributed by atoms with Crippen molar-refractivity contribution in [2.75, 3.05) is 6.54 Å². The van der Waals surface area contributed by atoms with Crippen molar-refractivity contribution in [1.82, 2.24) is 4.90 Å². The molecular formula is C12H21BN2O2S. The second-order valence-corrected chi connectivity index (χ2v) is 5.62. The molecule has 6 heteroatoms. The lowest BCUT2D eigenvalue weighted by Gasteiger charge is -2.33. The zero-order chi connectivity index (χ0) is 13.1. The fourth-order valence-electron chi connectivity index (χ4n) is 2.89. The van der Waals surface area contributed by atoms with Gasteiger partial charge in [0.05, 0.1) is 17.0 Å². The Morgan fingerprint density at radius 1 is 1.39 bits per heavy atom. The summed E-state index contributed by atoms with van der Waals surface area (Å²) in [4.78, 5) is 2.59. The van der Waals surface area contributed by atoms with Crippen LogP contribution in [0.1, 0.15) is 32.1 Å². The third kappa shape index (κ3) is 2.94. The maximum atomic E-state index is 9.36. The summed E-state index contributed by atoms with van der Waals surface area (Å²) in [5, 5.41) is 18.7. The van der Waals surface area contributed by atoms with Crippen LogP contribution >= 0.6 is 12.2 Å². The van der Waals surface area contributed by atoms with E-state index in [1.807, 2.05) is 4.90 Å². The van der Waals surface area contributed by atoms with E-state index in [1.165, 1.54) is 0 Å². The van der Waals surface area contributed by atoms with Gasteiger partial charge in [0, 0.05) is 6.54 Å². The summed E-state index contributed by atoms with van der Waals surface area (Å²) in [6.07, 6.45) is 9.37.